The predicted octanol–water partition coefficient (Wildman–Crippen LogP) is -5.24. The summed E-state index contributed by atoms with van der Waals surface area (Å²) in [4.78, 5) is 0. The molecule has 0 radical (unpaired) electrons. The molecule has 0 spiro atoms. The molecule has 2 nitrogen and oxygen atoms in total. The Morgan fingerprint density at radius 2 is 2.40 bits per heavy atom. The summed E-state index contributed by atoms with van der Waals surface area (Å²) in [6.07, 6.45) is 0. The Morgan fingerprint density at radius 1 is 1.70 bits per heavy atom. The van der Waals surface area contributed by atoms with Gasteiger partial charge >= 0.3 is 84.9 Å². The van der Waals surface area contributed by atoms with Crippen molar-refractivity contribution in [2.24, 2.45) is 0 Å². The molecular formula is C6H13I2NO-2. The Balaban J connectivity index is 2.84. The van der Waals surface area contributed by atoms with Crippen molar-refractivity contribution < 1.29 is 46.2 Å². The molecule has 0 saturated carbocycles. The Bertz CT molecular complexity index is 97.7. The van der Waals surface area contributed by atoms with Crippen molar-refractivity contribution in [3.63, 3.8) is 0 Å². The number of hydrogen-bond acceptors (Lipinski definition) is 2. The summed E-state index contributed by atoms with van der Waals surface area (Å²) in [7, 11) is 1.79. The Kier molecular flexibility index (Phi) is 9.14. The molecule has 0 aliphatic carbocycles. The van der Waals surface area contributed by atoms with E-state index in [9.17, 15) is 0 Å². The monoisotopic (exact) mass is 369 g/mol. The quantitative estimate of drug-likeness (QED) is 0.166. The Labute approximate surface area is 84.2 Å². The zero-order chi connectivity index (χ0) is 7.82. The van der Waals surface area contributed by atoms with Crippen LogP contribution >= 0.6 is 0 Å². The summed E-state index contributed by atoms with van der Waals surface area (Å²) in [5.41, 5.74) is 1.22. The second-order valence-corrected chi connectivity index (χ2v) is 9.24. The average Bonchev–Trinajstić information content (AvgIpc) is 1.87. The van der Waals surface area contributed by atoms with Gasteiger partial charge in [-0.05, 0) is 0 Å². The molecule has 0 aromatic rings. The number of hydrogen-bond donors (Lipinski definition) is 1. The number of halogens is 2. The van der Waals surface area contributed by atoms with Crippen molar-refractivity contribution in [1.29, 1.82) is 0 Å². The second-order valence-electron chi connectivity index (χ2n) is 1.77. The van der Waals surface area contributed by atoms with Crippen LogP contribution in [0.2, 0.25) is 0 Å². The predicted molar refractivity (Wildman–Crippen MR) is 34.7 cm³/mol. The third kappa shape index (κ3) is 9.12. The van der Waals surface area contributed by atoms with Gasteiger partial charge in [-0.2, -0.15) is 0 Å². The van der Waals surface area contributed by atoms with E-state index in [0.717, 1.165) is 6.54 Å². The Morgan fingerprint density at radius 3 is 2.90 bits per heavy atom. The molecule has 64 valence electrons. The second kappa shape index (κ2) is 8.22. The molecule has 0 fully saturated rings. The van der Waals surface area contributed by atoms with Gasteiger partial charge in [-0.1, -0.05) is 0 Å². The minimum atomic E-state index is 0.0523. The van der Waals surface area contributed by atoms with Crippen molar-refractivity contribution in [1.82, 2.24) is 3.53 Å². The van der Waals surface area contributed by atoms with E-state index < -0.39 is 0 Å². The molecule has 0 aliphatic rings. The molecule has 0 aromatic heterocycles. The van der Waals surface area contributed by atoms with Gasteiger partial charge in [-0.15, -0.1) is 0 Å². The zero-order valence-electron chi connectivity index (χ0n) is 6.29. The number of rotatable bonds is 6. The van der Waals surface area contributed by atoms with Gasteiger partial charge in [0.15, 0.2) is 0 Å². The molecule has 1 N–H and O–H groups in total. The van der Waals surface area contributed by atoms with Crippen LogP contribution in [0.3, 0.4) is 0 Å². The fourth-order valence-corrected chi connectivity index (χ4v) is 5.47. The molecule has 0 unspecified atom stereocenters. The van der Waals surface area contributed by atoms with Crippen molar-refractivity contribution in [3.05, 3.63) is 12.2 Å². The molecule has 0 amide bonds. The van der Waals surface area contributed by atoms with Crippen LogP contribution in [0.5, 0.6) is 0 Å². The molecular weight excluding hydrogens is 356 g/mol. The van der Waals surface area contributed by atoms with Gasteiger partial charge in [-0.3, -0.25) is 0 Å². The van der Waals surface area contributed by atoms with Gasteiger partial charge in [0.2, 0.25) is 0 Å². The summed E-state index contributed by atoms with van der Waals surface area (Å²) in [5, 5.41) is 0. The van der Waals surface area contributed by atoms with Crippen LogP contribution in [0, 0.1) is 0 Å². The first-order valence-electron chi connectivity index (χ1n) is 2.85. The molecule has 0 rings (SSSR count). The van der Waals surface area contributed by atoms with Gasteiger partial charge in [0, 0.05) is 0 Å². The summed E-state index contributed by atoms with van der Waals surface area (Å²) in [6, 6.07) is 0. The van der Waals surface area contributed by atoms with E-state index in [-0.39, 0.29) is 43.1 Å². The molecule has 0 saturated heterocycles. The van der Waals surface area contributed by atoms with Crippen LogP contribution in [0.15, 0.2) is 12.2 Å². The maximum absolute atomic E-state index is 5.02. The van der Waals surface area contributed by atoms with E-state index in [2.05, 4.69) is 10.1 Å². The van der Waals surface area contributed by atoms with Crippen LogP contribution in [0.25, 0.3) is 0 Å². The van der Waals surface area contributed by atoms with Gasteiger partial charge in [0.1, 0.15) is 0 Å². The summed E-state index contributed by atoms with van der Waals surface area (Å²) in [5.74, 6) is 0. The Hall–Kier alpha value is 1.12. The van der Waals surface area contributed by atoms with E-state index in [4.69, 9.17) is 3.07 Å². The van der Waals surface area contributed by atoms with Crippen molar-refractivity contribution in [3.8, 4) is 0 Å². The summed E-state index contributed by atoms with van der Waals surface area (Å²) < 4.78 is 9.69. The van der Waals surface area contributed by atoms with Crippen LogP contribution in [-0.2, 0) is 3.07 Å². The van der Waals surface area contributed by atoms with E-state index >= 15 is 0 Å². The molecule has 0 aromatic carbocycles. The topological polar surface area (TPSA) is 21.3 Å². The first-order chi connectivity index (χ1) is 4.77. The molecule has 4 heteroatoms. The van der Waals surface area contributed by atoms with Crippen molar-refractivity contribution >= 4 is 0 Å². The van der Waals surface area contributed by atoms with E-state index in [1.807, 2.05) is 6.92 Å². The number of alkyl halides is 2. The third-order valence-electron chi connectivity index (χ3n) is 0.664. The third-order valence-corrected chi connectivity index (χ3v) is 6.24. The molecule has 0 heterocycles. The van der Waals surface area contributed by atoms with Crippen LogP contribution in [-0.4, -0.2) is 16.1 Å². The van der Waals surface area contributed by atoms with Gasteiger partial charge in [-0.25, -0.2) is 0 Å². The first-order valence-corrected chi connectivity index (χ1v) is 7.86. The van der Waals surface area contributed by atoms with Crippen molar-refractivity contribution in [2.45, 2.75) is 6.92 Å². The summed E-state index contributed by atoms with van der Waals surface area (Å²) >= 11 is 0.250. The molecule has 0 aliphatic heterocycles. The van der Waals surface area contributed by atoms with E-state index in [1.165, 1.54) is 8.01 Å². The average molecular weight is 369 g/mol. The van der Waals surface area contributed by atoms with Gasteiger partial charge < -0.3 is 0 Å². The zero-order valence-corrected chi connectivity index (χ0v) is 10.6. The normalized spacial score (nSPS) is 10.6. The van der Waals surface area contributed by atoms with Crippen LogP contribution in [0.4, 0.5) is 0 Å². The van der Waals surface area contributed by atoms with Gasteiger partial charge in [0.25, 0.3) is 0 Å². The first kappa shape index (κ1) is 11.1. The number of nitrogens with one attached hydrogen (secondary N) is 1. The van der Waals surface area contributed by atoms with Gasteiger partial charge in [0.05, 0.1) is 0 Å². The van der Waals surface area contributed by atoms with Crippen LogP contribution < -0.4 is 46.6 Å². The SMILES string of the molecule is C=C(C)CN[I-]C[I-]OC. The van der Waals surface area contributed by atoms with E-state index in [1.54, 1.807) is 7.11 Å². The molecule has 0 bridgehead atoms. The fourth-order valence-electron chi connectivity index (χ4n) is 0.259. The minimum absolute atomic E-state index is 0.0523. The fraction of sp³-hybridized carbons (Fsp3) is 0.667. The van der Waals surface area contributed by atoms with Crippen LogP contribution in [0.1, 0.15) is 6.92 Å². The summed E-state index contributed by atoms with van der Waals surface area (Å²) in [6.45, 7) is 6.84. The maximum atomic E-state index is 5.02. The van der Waals surface area contributed by atoms with E-state index in [0.29, 0.717) is 0 Å². The molecule has 0 atom stereocenters. The molecule has 10 heavy (non-hydrogen) atoms. The van der Waals surface area contributed by atoms with Crippen molar-refractivity contribution in [2.75, 3.05) is 16.1 Å². The standard InChI is InChI=1S/C6H13I2NO/c1-6(2)4-9-7-5-8-10-3/h9H,1,4-5H2,2-3H3/q-2.